The third-order valence-corrected chi connectivity index (χ3v) is 1.56. The molecule has 100 valence electrons. The lowest BCUT2D eigenvalue weighted by atomic mass is 11.1. The Hall–Kier alpha value is -3.66. The molecule has 0 aliphatic carbocycles. The predicted molar refractivity (Wildman–Crippen MR) is 47.4 cm³/mol. The molecule has 0 amide bonds. The maximum atomic E-state index is 10.3. The summed E-state index contributed by atoms with van der Waals surface area (Å²) < 4.78 is 0. The molecule has 0 aliphatic heterocycles. The van der Waals surface area contributed by atoms with Crippen molar-refractivity contribution in [3.63, 3.8) is 0 Å². The van der Waals surface area contributed by atoms with Crippen molar-refractivity contribution in [1.82, 2.24) is 40.3 Å². The van der Waals surface area contributed by atoms with Gasteiger partial charge in [0.15, 0.2) is 10.7 Å². The molecule has 0 spiro atoms. The molecule has 17 nitrogen and oxygen atoms in total. The van der Waals surface area contributed by atoms with Crippen molar-refractivity contribution in [2.24, 2.45) is 10.2 Å². The fraction of sp³-hybridized carbons (Fsp3) is 0. The maximum absolute atomic E-state index is 10.3. The zero-order chi connectivity index (χ0) is 14.0. The van der Waals surface area contributed by atoms with Gasteiger partial charge in [0, 0.05) is 0 Å². The van der Waals surface area contributed by atoms with Crippen LogP contribution < -0.4 is 22.2 Å². The Balaban J connectivity index is 2.72. The highest BCUT2D eigenvalue weighted by molar-refractivity contribution is 4.56. The number of aromatic nitrogens is 8. The Bertz CT molecular complexity index is 752. The van der Waals surface area contributed by atoms with Gasteiger partial charge in [-0.15, -0.1) is 14.8 Å². The summed E-state index contributed by atoms with van der Waals surface area (Å²) in [6.07, 6.45) is 0. The summed E-state index contributed by atoms with van der Waals surface area (Å²) in [7, 11) is 0. The summed E-state index contributed by atoms with van der Waals surface area (Å²) in [6, 6.07) is 0. The van der Waals surface area contributed by atoms with Crippen LogP contribution in [-0.4, -0.2) is 45.3 Å². The van der Waals surface area contributed by atoms with Crippen LogP contribution in [0.4, 0.5) is 0 Å². The zero-order valence-electron chi connectivity index (χ0n) is 8.58. The molecule has 0 aromatic carbocycles. The normalized spacial score (nSPS) is 12.8. The van der Waals surface area contributed by atoms with Crippen molar-refractivity contribution < 1.29 is 10.1 Å². The van der Waals surface area contributed by atoms with Gasteiger partial charge in [0.2, 0.25) is 0 Å². The molecule has 2 heterocycles. The van der Waals surface area contributed by atoms with Gasteiger partial charge >= 0.3 is 5.62 Å². The summed E-state index contributed by atoms with van der Waals surface area (Å²) in [6.45, 7) is 0. The fourth-order valence-corrected chi connectivity index (χ4v) is 0.968. The number of nitrogen functional groups attached to an aromatic ring is 1. The minimum atomic E-state index is -1.08. The minimum absolute atomic E-state index is 0.445. The quantitative estimate of drug-likeness (QED) is 0.318. The standard InChI is InChI=1S/C2H2N13O4/c3-11-2(6-15(18)19)13(10-9-11)12-1(4-7-8-12)5-14(16)17/h3H2/q-1/b6-2+. The lowest BCUT2D eigenvalue weighted by Crippen LogP contribution is -2.40. The number of rotatable bonds is 3. The highest BCUT2D eigenvalue weighted by Gasteiger charge is 2.08. The average molecular weight is 272 g/mol. The second-order valence-electron chi connectivity index (χ2n) is 2.66. The van der Waals surface area contributed by atoms with E-state index >= 15 is 0 Å². The molecule has 0 bridgehead atoms. The summed E-state index contributed by atoms with van der Waals surface area (Å²) in [4.78, 5) is 22.1. The molecule has 17 heteroatoms. The van der Waals surface area contributed by atoms with Crippen LogP contribution in [0, 0.1) is 20.2 Å². The highest BCUT2D eigenvalue weighted by Crippen LogP contribution is 1.72. The number of nitrogens with zero attached hydrogens (tertiary/aromatic N) is 12. The molecule has 0 aliphatic rings. The fourth-order valence-electron chi connectivity index (χ4n) is 0.968. The van der Waals surface area contributed by atoms with Gasteiger partial charge in [-0.2, -0.15) is 5.21 Å². The van der Waals surface area contributed by atoms with Crippen molar-refractivity contribution >= 4 is 0 Å². The van der Waals surface area contributed by atoms with Gasteiger partial charge in [-0.05, 0) is 15.5 Å². The van der Waals surface area contributed by atoms with E-state index in [0.717, 1.165) is 0 Å². The van der Waals surface area contributed by atoms with Crippen molar-refractivity contribution in [2.75, 3.05) is 5.84 Å². The molecule has 0 radical (unpaired) electrons. The maximum Gasteiger partial charge on any atom is 0.349 e. The molecule has 2 aromatic rings. The molecule has 0 saturated carbocycles. The average Bonchev–Trinajstić information content (AvgIpc) is 2.86. The molecular weight excluding hydrogens is 270 g/mol. The smallest absolute Gasteiger partial charge is 0.318 e. The molecule has 0 unspecified atom stereocenters. The van der Waals surface area contributed by atoms with Crippen LogP contribution in [0.5, 0.6) is 0 Å². The Morgan fingerprint density at radius 1 is 1.11 bits per heavy atom. The molecular formula is C2H2N13O4-. The SMILES string of the molecule is Nn1nnn(-n2nn[n-]/c2=N\[N+](=O)[O-])/c1=N/[N+](=O)[O-]. The summed E-state index contributed by atoms with van der Waals surface area (Å²) in [5, 5.41) is 40.2. The van der Waals surface area contributed by atoms with Crippen LogP contribution in [0.15, 0.2) is 10.2 Å². The molecule has 2 N–H and O–H groups in total. The topological polar surface area (TPSA) is 217 Å². The van der Waals surface area contributed by atoms with E-state index in [1.165, 1.54) is 0 Å². The van der Waals surface area contributed by atoms with Crippen molar-refractivity contribution in [3.05, 3.63) is 31.5 Å². The summed E-state index contributed by atoms with van der Waals surface area (Å²) >= 11 is 0. The molecule has 2 rings (SSSR count). The summed E-state index contributed by atoms with van der Waals surface area (Å²) in [5.41, 5.74) is -1.22. The van der Waals surface area contributed by atoms with Gasteiger partial charge in [0.25, 0.3) is 0 Å². The van der Waals surface area contributed by atoms with Crippen LogP contribution in [0.3, 0.4) is 0 Å². The van der Waals surface area contributed by atoms with E-state index in [1.54, 1.807) is 0 Å². The Kier molecular flexibility index (Phi) is 2.68. The third-order valence-electron chi connectivity index (χ3n) is 1.56. The Labute approximate surface area is 99.0 Å². The second-order valence-corrected chi connectivity index (χ2v) is 2.66. The first-order chi connectivity index (χ1) is 8.99. The van der Waals surface area contributed by atoms with Crippen LogP contribution in [0.2, 0.25) is 0 Å². The van der Waals surface area contributed by atoms with Gasteiger partial charge in [-0.1, -0.05) is 0 Å². The third kappa shape index (κ3) is 2.22. The Morgan fingerprint density at radius 2 is 1.79 bits per heavy atom. The number of nitro groups is 2. The lowest BCUT2D eigenvalue weighted by Gasteiger charge is -2.00. The van der Waals surface area contributed by atoms with E-state index in [2.05, 4.69) is 36.2 Å². The number of nitrogens with two attached hydrogens (primary N) is 1. The first-order valence-electron chi connectivity index (χ1n) is 4.13. The summed E-state index contributed by atoms with van der Waals surface area (Å²) in [5.74, 6) is 5.22. The van der Waals surface area contributed by atoms with E-state index in [9.17, 15) is 20.2 Å². The second kappa shape index (κ2) is 4.31. The molecule has 0 saturated heterocycles. The van der Waals surface area contributed by atoms with E-state index in [-0.39, 0.29) is 0 Å². The first kappa shape index (κ1) is 11.8. The minimum Gasteiger partial charge on any atom is -0.318 e. The monoisotopic (exact) mass is 272 g/mol. The molecule has 19 heavy (non-hydrogen) atoms. The number of hydrogen-bond donors (Lipinski definition) is 1. The number of hydrogen-bond acceptors (Lipinski definition) is 9. The predicted octanol–water partition coefficient (Wildman–Crippen LogP) is -5.16. The van der Waals surface area contributed by atoms with Gasteiger partial charge in [-0.3, -0.25) is 0 Å². The highest BCUT2D eigenvalue weighted by atomic mass is 16.7. The van der Waals surface area contributed by atoms with Crippen LogP contribution >= 0.6 is 0 Å². The van der Waals surface area contributed by atoms with E-state index in [0.29, 0.717) is 14.4 Å². The zero-order valence-corrected chi connectivity index (χ0v) is 8.58. The van der Waals surface area contributed by atoms with Crippen LogP contribution in [0.25, 0.3) is 0 Å². The van der Waals surface area contributed by atoms with E-state index in [4.69, 9.17) is 5.84 Å². The largest absolute Gasteiger partial charge is 0.349 e. The van der Waals surface area contributed by atoms with Gasteiger partial charge in [0.1, 0.15) is 10.1 Å². The van der Waals surface area contributed by atoms with Gasteiger partial charge in [0.05, 0.1) is 0 Å². The van der Waals surface area contributed by atoms with E-state index < -0.39 is 21.3 Å². The van der Waals surface area contributed by atoms with Crippen LogP contribution in [0.1, 0.15) is 0 Å². The first-order valence-corrected chi connectivity index (χ1v) is 4.13. The van der Waals surface area contributed by atoms with Crippen molar-refractivity contribution in [1.29, 1.82) is 0 Å². The van der Waals surface area contributed by atoms with Crippen molar-refractivity contribution in [3.8, 4) is 0 Å². The molecule has 0 fully saturated rings. The lowest BCUT2D eigenvalue weighted by molar-refractivity contribution is -0.492. The molecule has 2 aromatic heterocycles. The van der Waals surface area contributed by atoms with Crippen LogP contribution in [-0.2, 0) is 0 Å². The number of tetrazole rings is 2. The molecule has 0 atom stereocenters. The van der Waals surface area contributed by atoms with Crippen molar-refractivity contribution in [2.45, 2.75) is 0 Å². The Morgan fingerprint density at radius 3 is 2.42 bits per heavy atom. The van der Waals surface area contributed by atoms with Gasteiger partial charge < -0.3 is 5.84 Å². The van der Waals surface area contributed by atoms with Gasteiger partial charge in [-0.25, -0.2) is 30.1 Å². The van der Waals surface area contributed by atoms with E-state index in [1.807, 2.05) is 0 Å².